The van der Waals surface area contributed by atoms with Gasteiger partial charge in [0.1, 0.15) is 0 Å². The van der Waals surface area contributed by atoms with Gasteiger partial charge in [-0.05, 0) is 33.6 Å². The molecule has 4 heteroatoms. The van der Waals surface area contributed by atoms with Crippen molar-refractivity contribution in [2.75, 3.05) is 0 Å². The largest absolute Gasteiger partial charge is 0.424 e. The summed E-state index contributed by atoms with van der Waals surface area (Å²) in [4.78, 5) is 0. The highest BCUT2D eigenvalue weighted by molar-refractivity contribution is 4.91. The number of aromatic nitrogens is 2. The third-order valence-corrected chi connectivity index (χ3v) is 3.00. The molecule has 0 fully saturated rings. The SMILES string of the molecule is CCCCC(CC)c1nnc(CNC(C)(C)C)o1. The van der Waals surface area contributed by atoms with E-state index in [1.54, 1.807) is 0 Å². The lowest BCUT2D eigenvalue weighted by atomic mass is 10.00. The Morgan fingerprint density at radius 3 is 2.50 bits per heavy atom. The van der Waals surface area contributed by atoms with Gasteiger partial charge in [-0.3, -0.25) is 0 Å². The Labute approximate surface area is 111 Å². The minimum Gasteiger partial charge on any atom is -0.424 e. The van der Waals surface area contributed by atoms with Gasteiger partial charge in [-0.2, -0.15) is 0 Å². The van der Waals surface area contributed by atoms with Crippen molar-refractivity contribution in [2.24, 2.45) is 0 Å². The number of nitrogens with zero attached hydrogens (tertiary/aromatic N) is 2. The molecule has 0 aliphatic rings. The number of unbranched alkanes of at least 4 members (excludes halogenated alkanes) is 1. The number of rotatable bonds is 7. The second kappa shape index (κ2) is 6.88. The normalized spacial score (nSPS) is 13.8. The molecule has 0 aliphatic carbocycles. The molecule has 0 amide bonds. The van der Waals surface area contributed by atoms with Crippen molar-refractivity contribution in [1.82, 2.24) is 15.5 Å². The van der Waals surface area contributed by atoms with Crippen molar-refractivity contribution in [3.05, 3.63) is 11.8 Å². The summed E-state index contributed by atoms with van der Waals surface area (Å²) in [6.45, 7) is 11.4. The Balaban J connectivity index is 2.55. The van der Waals surface area contributed by atoms with Crippen LogP contribution in [0.2, 0.25) is 0 Å². The highest BCUT2D eigenvalue weighted by Gasteiger charge is 2.17. The highest BCUT2D eigenvalue weighted by Crippen LogP contribution is 2.24. The maximum absolute atomic E-state index is 5.74. The molecule has 0 saturated carbocycles. The molecule has 0 saturated heterocycles. The Kier molecular flexibility index (Phi) is 5.79. The maximum Gasteiger partial charge on any atom is 0.230 e. The van der Waals surface area contributed by atoms with E-state index in [4.69, 9.17) is 4.42 Å². The number of hydrogen-bond acceptors (Lipinski definition) is 4. The maximum atomic E-state index is 5.74. The molecular formula is C14H27N3O. The van der Waals surface area contributed by atoms with E-state index in [-0.39, 0.29) is 5.54 Å². The lowest BCUT2D eigenvalue weighted by Gasteiger charge is -2.18. The molecular weight excluding hydrogens is 226 g/mol. The third kappa shape index (κ3) is 5.17. The lowest BCUT2D eigenvalue weighted by Crippen LogP contribution is -2.35. The second-order valence-corrected chi connectivity index (χ2v) is 5.88. The Hall–Kier alpha value is -0.900. The molecule has 0 aromatic carbocycles. The van der Waals surface area contributed by atoms with Gasteiger partial charge in [0, 0.05) is 11.5 Å². The van der Waals surface area contributed by atoms with Crippen LogP contribution in [0.3, 0.4) is 0 Å². The molecule has 0 aliphatic heterocycles. The molecule has 0 spiro atoms. The fourth-order valence-corrected chi connectivity index (χ4v) is 1.80. The zero-order chi connectivity index (χ0) is 13.6. The van der Waals surface area contributed by atoms with Crippen molar-refractivity contribution in [2.45, 2.75) is 78.3 Å². The van der Waals surface area contributed by atoms with E-state index in [1.807, 2.05) is 0 Å². The predicted molar refractivity (Wildman–Crippen MR) is 73.4 cm³/mol. The van der Waals surface area contributed by atoms with Crippen molar-refractivity contribution < 1.29 is 4.42 Å². The van der Waals surface area contributed by atoms with Crippen molar-refractivity contribution >= 4 is 0 Å². The van der Waals surface area contributed by atoms with Gasteiger partial charge in [0.2, 0.25) is 11.8 Å². The van der Waals surface area contributed by atoms with Gasteiger partial charge in [0.15, 0.2) is 0 Å². The number of nitrogens with one attached hydrogen (secondary N) is 1. The summed E-state index contributed by atoms with van der Waals surface area (Å²) < 4.78 is 5.74. The lowest BCUT2D eigenvalue weighted by molar-refractivity contribution is 0.353. The third-order valence-electron chi connectivity index (χ3n) is 3.00. The van der Waals surface area contributed by atoms with Gasteiger partial charge in [-0.25, -0.2) is 0 Å². The summed E-state index contributed by atoms with van der Waals surface area (Å²) in [5.41, 5.74) is 0.0704. The van der Waals surface area contributed by atoms with Crippen molar-refractivity contribution in [3.63, 3.8) is 0 Å². The quantitative estimate of drug-likeness (QED) is 0.806. The summed E-state index contributed by atoms with van der Waals surface area (Å²) in [6.07, 6.45) is 4.63. The van der Waals surface area contributed by atoms with Crippen molar-refractivity contribution in [3.8, 4) is 0 Å². The summed E-state index contributed by atoms with van der Waals surface area (Å²) in [5, 5.41) is 11.7. The molecule has 0 bridgehead atoms. The monoisotopic (exact) mass is 253 g/mol. The molecule has 4 nitrogen and oxygen atoms in total. The Bertz CT molecular complexity index is 341. The molecule has 18 heavy (non-hydrogen) atoms. The summed E-state index contributed by atoms with van der Waals surface area (Å²) in [5.74, 6) is 1.91. The smallest absolute Gasteiger partial charge is 0.230 e. The van der Waals surface area contributed by atoms with Crippen LogP contribution in [0.1, 0.15) is 78.0 Å². The van der Waals surface area contributed by atoms with E-state index >= 15 is 0 Å². The first-order valence-corrected chi connectivity index (χ1v) is 7.03. The minimum atomic E-state index is 0.0704. The van der Waals surface area contributed by atoms with Crippen LogP contribution in [0.4, 0.5) is 0 Å². The summed E-state index contributed by atoms with van der Waals surface area (Å²) >= 11 is 0. The summed E-state index contributed by atoms with van der Waals surface area (Å²) in [6, 6.07) is 0. The molecule has 1 heterocycles. The van der Waals surface area contributed by atoms with Crippen LogP contribution < -0.4 is 5.32 Å². The van der Waals surface area contributed by atoms with Crippen LogP contribution in [0, 0.1) is 0 Å². The first-order valence-electron chi connectivity index (χ1n) is 7.03. The zero-order valence-electron chi connectivity index (χ0n) is 12.4. The van der Waals surface area contributed by atoms with E-state index in [2.05, 4.69) is 50.1 Å². The first-order chi connectivity index (χ1) is 8.46. The molecule has 1 unspecified atom stereocenters. The van der Waals surface area contributed by atoms with E-state index in [1.165, 1.54) is 12.8 Å². The van der Waals surface area contributed by atoms with Gasteiger partial charge in [0.05, 0.1) is 6.54 Å². The Morgan fingerprint density at radius 2 is 1.94 bits per heavy atom. The standard InChI is InChI=1S/C14H27N3O/c1-6-8-9-11(7-2)13-17-16-12(18-13)10-15-14(3,4)5/h11,15H,6-10H2,1-5H3. The zero-order valence-corrected chi connectivity index (χ0v) is 12.4. The van der Waals surface area contributed by atoms with E-state index in [0.29, 0.717) is 18.4 Å². The molecule has 1 N–H and O–H groups in total. The van der Waals surface area contributed by atoms with Crippen LogP contribution in [0.25, 0.3) is 0 Å². The molecule has 1 aromatic heterocycles. The minimum absolute atomic E-state index is 0.0704. The van der Waals surface area contributed by atoms with Gasteiger partial charge in [-0.15, -0.1) is 10.2 Å². The molecule has 0 radical (unpaired) electrons. The van der Waals surface area contributed by atoms with Gasteiger partial charge < -0.3 is 9.73 Å². The van der Waals surface area contributed by atoms with Crippen LogP contribution in [-0.4, -0.2) is 15.7 Å². The Morgan fingerprint density at radius 1 is 1.22 bits per heavy atom. The highest BCUT2D eigenvalue weighted by atomic mass is 16.4. The number of hydrogen-bond donors (Lipinski definition) is 1. The van der Waals surface area contributed by atoms with Gasteiger partial charge in [-0.1, -0.05) is 26.7 Å². The topological polar surface area (TPSA) is 51.0 Å². The molecule has 1 rings (SSSR count). The average molecular weight is 253 g/mol. The van der Waals surface area contributed by atoms with Crippen LogP contribution in [0.5, 0.6) is 0 Å². The van der Waals surface area contributed by atoms with E-state index in [0.717, 1.165) is 18.7 Å². The van der Waals surface area contributed by atoms with Gasteiger partial charge >= 0.3 is 0 Å². The predicted octanol–water partition coefficient (Wildman–Crippen LogP) is 3.64. The van der Waals surface area contributed by atoms with Crippen LogP contribution in [-0.2, 0) is 6.54 Å². The van der Waals surface area contributed by atoms with Crippen LogP contribution >= 0.6 is 0 Å². The molecule has 1 atom stereocenters. The molecule has 104 valence electrons. The first kappa shape index (κ1) is 15.2. The van der Waals surface area contributed by atoms with E-state index < -0.39 is 0 Å². The summed E-state index contributed by atoms with van der Waals surface area (Å²) in [7, 11) is 0. The fraction of sp³-hybridized carbons (Fsp3) is 0.857. The van der Waals surface area contributed by atoms with Crippen LogP contribution in [0.15, 0.2) is 4.42 Å². The second-order valence-electron chi connectivity index (χ2n) is 5.88. The van der Waals surface area contributed by atoms with E-state index in [9.17, 15) is 0 Å². The molecule has 1 aromatic rings. The van der Waals surface area contributed by atoms with Crippen molar-refractivity contribution in [1.29, 1.82) is 0 Å². The average Bonchev–Trinajstić information content (AvgIpc) is 2.75. The van der Waals surface area contributed by atoms with Gasteiger partial charge in [0.25, 0.3) is 0 Å². The fourth-order valence-electron chi connectivity index (χ4n) is 1.80.